The summed E-state index contributed by atoms with van der Waals surface area (Å²) in [6.07, 6.45) is 5.68. The Labute approximate surface area is 249 Å². The van der Waals surface area contributed by atoms with Crippen LogP contribution in [-0.2, 0) is 34.8 Å². The first kappa shape index (κ1) is 29.9. The lowest BCUT2D eigenvalue weighted by atomic mass is 9.87. The number of anilines is 1. The third-order valence-corrected chi connectivity index (χ3v) is 9.41. The highest BCUT2D eigenvalue weighted by Gasteiger charge is 2.29. The van der Waals surface area contributed by atoms with Crippen molar-refractivity contribution in [2.75, 3.05) is 4.90 Å². The maximum atomic E-state index is 13.9. The van der Waals surface area contributed by atoms with Gasteiger partial charge >= 0.3 is 0 Å². The molecule has 1 heterocycles. The molecule has 7 nitrogen and oxygen atoms in total. The maximum Gasteiger partial charge on any atom is 0.241 e. The van der Waals surface area contributed by atoms with Crippen LogP contribution in [0.3, 0.4) is 0 Å². The number of hydrogen-bond donors (Lipinski definition) is 1. The van der Waals surface area contributed by atoms with Crippen molar-refractivity contribution in [2.45, 2.75) is 56.0 Å². The Morgan fingerprint density at radius 2 is 1.95 bits per heavy atom. The van der Waals surface area contributed by atoms with Crippen LogP contribution in [0.15, 0.2) is 78.0 Å². The van der Waals surface area contributed by atoms with E-state index in [1.165, 1.54) is 18.2 Å². The number of benzene rings is 3. The summed E-state index contributed by atoms with van der Waals surface area (Å²) in [7, 11) is -2.00. The zero-order valence-electron chi connectivity index (χ0n) is 23.3. The highest BCUT2D eigenvalue weighted by Crippen LogP contribution is 2.35. The van der Waals surface area contributed by atoms with Crippen LogP contribution in [0.5, 0.6) is 0 Å². The van der Waals surface area contributed by atoms with Gasteiger partial charge in [0.1, 0.15) is 5.82 Å². The first-order valence-electron chi connectivity index (χ1n) is 13.7. The van der Waals surface area contributed by atoms with Gasteiger partial charge in [0.2, 0.25) is 21.0 Å². The molecule has 42 heavy (non-hydrogen) atoms. The lowest BCUT2D eigenvalue weighted by Crippen LogP contribution is -2.34. The van der Waals surface area contributed by atoms with E-state index < -0.39 is 27.7 Å². The molecule has 0 saturated carbocycles. The van der Waals surface area contributed by atoms with Gasteiger partial charge in [0.05, 0.1) is 11.4 Å². The zero-order chi connectivity index (χ0) is 30.0. The molecule has 0 bridgehead atoms. The summed E-state index contributed by atoms with van der Waals surface area (Å²) in [6.45, 7) is 1.96. The minimum Gasteiger partial charge on any atom is -0.337 e. The number of hydrogen-bond acceptors (Lipinski definition) is 4. The first-order valence-corrected chi connectivity index (χ1v) is 15.5. The third-order valence-electron chi connectivity index (χ3n) is 7.68. The van der Waals surface area contributed by atoms with Crippen molar-refractivity contribution in [2.24, 2.45) is 7.05 Å². The van der Waals surface area contributed by atoms with Gasteiger partial charge in [-0.15, -0.1) is 0 Å². The molecule has 1 aliphatic carbocycles. The van der Waals surface area contributed by atoms with E-state index in [4.69, 9.17) is 11.6 Å². The molecule has 1 aliphatic rings. The summed E-state index contributed by atoms with van der Waals surface area (Å²) >= 11 is 5.16. The van der Waals surface area contributed by atoms with Gasteiger partial charge in [0.15, 0.2) is 23.2 Å². The van der Waals surface area contributed by atoms with Gasteiger partial charge in [0.25, 0.3) is 0 Å². The van der Waals surface area contributed by atoms with Gasteiger partial charge in [-0.3, -0.25) is 4.79 Å². The van der Waals surface area contributed by atoms with E-state index in [2.05, 4.69) is 9.71 Å². The molecule has 0 saturated heterocycles. The van der Waals surface area contributed by atoms with Gasteiger partial charge in [-0.25, -0.2) is 26.9 Å². The van der Waals surface area contributed by atoms with Crippen molar-refractivity contribution < 1.29 is 33.6 Å². The molecule has 0 spiro atoms. The van der Waals surface area contributed by atoms with E-state index in [1.807, 2.05) is 29.8 Å². The SMILES string of the molecule is C[C@@H](CC(=O)N(Cc1nccn1C)c1ccc2c(c1)[C@H](NS(=O)(=O)c1cccc([ClH+])c1)CCC2)c1ccc(F)c(F)c1. The average molecular weight is 614 g/mol. The first-order chi connectivity index (χ1) is 20.0. The number of carbonyl (C=O) groups is 1. The summed E-state index contributed by atoms with van der Waals surface area (Å²) in [5.74, 6) is -1.86. The van der Waals surface area contributed by atoms with E-state index in [0.717, 1.165) is 36.1 Å². The van der Waals surface area contributed by atoms with Crippen molar-refractivity contribution in [3.05, 3.63) is 112 Å². The Morgan fingerprint density at radius 1 is 1.14 bits per heavy atom. The molecular formula is C31H32ClF2N4O3S+. The van der Waals surface area contributed by atoms with E-state index in [0.29, 0.717) is 28.5 Å². The fourth-order valence-corrected chi connectivity index (χ4v) is 6.87. The van der Waals surface area contributed by atoms with Crippen LogP contribution in [0.2, 0.25) is 5.02 Å². The number of fused-ring (bicyclic) bond motifs is 1. The molecule has 0 unspecified atom stereocenters. The summed E-state index contributed by atoms with van der Waals surface area (Å²) in [6, 6.07) is 15.1. The lowest BCUT2D eigenvalue weighted by Gasteiger charge is -2.30. The number of sulfonamides is 1. The largest absolute Gasteiger partial charge is 0.337 e. The fourth-order valence-electron chi connectivity index (χ4n) is 5.30. The summed E-state index contributed by atoms with van der Waals surface area (Å²) in [4.78, 5) is 19.9. The average Bonchev–Trinajstić information content (AvgIpc) is 3.37. The van der Waals surface area contributed by atoms with E-state index in [9.17, 15) is 22.0 Å². The number of nitrogens with one attached hydrogen (secondary N) is 1. The van der Waals surface area contributed by atoms with Crippen LogP contribution in [0.4, 0.5) is 14.5 Å². The highest BCUT2D eigenvalue weighted by atomic mass is 35.5. The normalized spacial score (nSPS) is 15.7. The van der Waals surface area contributed by atoms with Gasteiger partial charge in [-0.2, -0.15) is 0 Å². The minimum atomic E-state index is -3.84. The van der Waals surface area contributed by atoms with Gasteiger partial charge < -0.3 is 9.47 Å². The lowest BCUT2D eigenvalue weighted by molar-refractivity contribution is -0.289. The van der Waals surface area contributed by atoms with Gasteiger partial charge in [-0.1, -0.05) is 25.1 Å². The predicted octanol–water partition coefficient (Wildman–Crippen LogP) is 5.48. The van der Waals surface area contributed by atoms with Gasteiger partial charge in [-0.05, 0) is 72.2 Å². The Morgan fingerprint density at radius 3 is 2.67 bits per heavy atom. The number of halogens is 3. The van der Waals surface area contributed by atoms with Crippen LogP contribution in [0, 0.1) is 23.2 Å². The summed E-state index contributed by atoms with van der Waals surface area (Å²) in [5.41, 5.74) is 2.93. The Hall–Kier alpha value is -3.60. The smallest absolute Gasteiger partial charge is 0.241 e. The van der Waals surface area contributed by atoms with E-state index >= 15 is 0 Å². The molecule has 0 aliphatic heterocycles. The molecule has 220 valence electrons. The molecule has 5 rings (SSSR count). The number of rotatable bonds is 9. The second-order valence-electron chi connectivity index (χ2n) is 10.6. The fraction of sp³-hybridized carbons (Fsp3) is 0.290. The van der Waals surface area contributed by atoms with Crippen LogP contribution in [0.1, 0.15) is 60.7 Å². The van der Waals surface area contributed by atoms with Crippen molar-refractivity contribution in [1.29, 1.82) is 0 Å². The second-order valence-corrected chi connectivity index (χ2v) is 12.8. The number of aromatic nitrogens is 2. The third kappa shape index (κ3) is 6.56. The highest BCUT2D eigenvalue weighted by molar-refractivity contribution is 7.89. The molecule has 1 amide bonds. The zero-order valence-corrected chi connectivity index (χ0v) is 24.9. The summed E-state index contributed by atoms with van der Waals surface area (Å²) in [5, 5.41) is 0.435. The molecule has 1 N–H and O–H groups in total. The monoisotopic (exact) mass is 613 g/mol. The van der Waals surface area contributed by atoms with E-state index in [1.54, 1.807) is 36.4 Å². The van der Waals surface area contributed by atoms with Crippen LogP contribution >= 0.6 is 0 Å². The number of carbonyl (C=O) groups excluding carboxylic acids is 1. The molecule has 3 aromatic carbocycles. The molecule has 0 fully saturated rings. The number of imidazole rings is 1. The molecule has 11 heteroatoms. The standard InChI is InChI=1S/C31H32ClF2N4O3S/c1-20(22-10-12-27(33)28(34)16-22)15-31(39)38(19-30-35-13-14-37(30)2)24-11-9-21-5-3-8-29(26(21)18-24)36-42(40,41)25-7-4-6-23(32)17-25/h4,6-7,9-14,16-18,20,29,32,36H,3,5,8,15,19H2,1-2H3/q+1/t20-,29+/m0/s1. The molecule has 1 aromatic heterocycles. The quantitative estimate of drug-likeness (QED) is 0.271. The number of aryl methyl sites for hydroxylation is 2. The van der Waals surface area contributed by atoms with Crippen LogP contribution < -0.4 is 9.62 Å². The van der Waals surface area contributed by atoms with E-state index in [-0.39, 0.29) is 29.7 Å². The van der Waals surface area contributed by atoms with Crippen molar-refractivity contribution in [3.63, 3.8) is 0 Å². The number of nitrogens with zero attached hydrogens (tertiary/aromatic N) is 3. The molecule has 0 radical (unpaired) electrons. The number of amides is 1. The second kappa shape index (κ2) is 12.3. The molecular weight excluding hydrogens is 582 g/mol. The maximum absolute atomic E-state index is 13.9. The van der Waals surface area contributed by atoms with Crippen LogP contribution in [-0.4, -0.2) is 23.9 Å². The van der Waals surface area contributed by atoms with Gasteiger partial charge in [0, 0.05) is 49.7 Å². The van der Waals surface area contributed by atoms with Crippen molar-refractivity contribution in [3.8, 4) is 0 Å². The summed E-state index contributed by atoms with van der Waals surface area (Å²) < 4.78 is 58.6. The topological polar surface area (TPSA) is 84.3 Å². The Kier molecular flexibility index (Phi) is 8.77. The molecule has 4 aromatic rings. The van der Waals surface area contributed by atoms with Crippen molar-refractivity contribution in [1.82, 2.24) is 14.3 Å². The molecule has 2 atom stereocenters. The Bertz CT molecular complexity index is 1730. The van der Waals surface area contributed by atoms with Crippen LogP contribution in [0.25, 0.3) is 0 Å². The predicted molar refractivity (Wildman–Crippen MR) is 153 cm³/mol. The minimum absolute atomic E-state index is 0.0417. The Balaban J connectivity index is 1.46. The van der Waals surface area contributed by atoms with Crippen molar-refractivity contribution >= 4 is 21.6 Å².